The summed E-state index contributed by atoms with van der Waals surface area (Å²) >= 11 is 0. The van der Waals surface area contributed by atoms with Gasteiger partial charge in [0.25, 0.3) is 0 Å². The summed E-state index contributed by atoms with van der Waals surface area (Å²) in [5.74, 6) is 0.734. The zero-order valence-electron chi connectivity index (χ0n) is 10.5. The maximum absolute atomic E-state index is 11.6. The molecule has 0 amide bonds. The Labute approximate surface area is 106 Å². The molecule has 1 heterocycles. The minimum absolute atomic E-state index is 0.224. The van der Waals surface area contributed by atoms with Crippen LogP contribution in [0.3, 0.4) is 0 Å². The second-order valence-electron chi connectivity index (χ2n) is 4.18. The van der Waals surface area contributed by atoms with E-state index in [-0.39, 0.29) is 18.7 Å². The Kier molecular flexibility index (Phi) is 3.72. The molecule has 0 aromatic heterocycles. The Bertz CT molecular complexity index is 447. The van der Waals surface area contributed by atoms with Crippen LogP contribution in [0.4, 0.5) is 0 Å². The van der Waals surface area contributed by atoms with Gasteiger partial charge in [-0.15, -0.1) is 0 Å². The summed E-state index contributed by atoms with van der Waals surface area (Å²) in [6, 6.07) is 5.07. The summed E-state index contributed by atoms with van der Waals surface area (Å²) in [5, 5.41) is 0. The molecule has 2 unspecified atom stereocenters. The molecule has 0 saturated carbocycles. The third-order valence-electron chi connectivity index (χ3n) is 3.16. The molecule has 1 aliphatic rings. The van der Waals surface area contributed by atoms with Crippen LogP contribution in [-0.2, 0) is 9.53 Å². The first-order valence-corrected chi connectivity index (χ1v) is 5.90. The number of rotatable bonds is 4. The average molecular weight is 251 g/mol. The number of esters is 1. The molecule has 0 radical (unpaired) electrons. The monoisotopic (exact) mass is 251 g/mol. The van der Waals surface area contributed by atoms with Gasteiger partial charge in [-0.25, -0.2) is 0 Å². The van der Waals surface area contributed by atoms with Crippen LogP contribution in [-0.4, -0.2) is 19.9 Å². The minimum Gasteiger partial charge on any atom is -0.469 e. The zero-order chi connectivity index (χ0) is 13.1. The highest BCUT2D eigenvalue weighted by atomic mass is 16.7. The number of ether oxygens (including phenoxy) is 3. The Morgan fingerprint density at radius 2 is 2.17 bits per heavy atom. The fraction of sp³-hybridized carbons (Fsp3) is 0.462. The topological polar surface area (TPSA) is 70.8 Å². The quantitative estimate of drug-likeness (QED) is 0.823. The lowest BCUT2D eigenvalue weighted by Gasteiger charge is -2.20. The van der Waals surface area contributed by atoms with Crippen molar-refractivity contribution in [3.05, 3.63) is 23.8 Å². The maximum atomic E-state index is 11.6. The molecule has 1 aliphatic heterocycles. The summed E-state index contributed by atoms with van der Waals surface area (Å²) in [6.45, 7) is 2.14. The van der Waals surface area contributed by atoms with Crippen LogP contribution in [0.1, 0.15) is 24.9 Å². The number of hydrogen-bond acceptors (Lipinski definition) is 5. The number of carbonyl (C=O) groups excluding carboxylic acids is 1. The number of fused-ring (bicyclic) bond motifs is 1. The molecule has 5 heteroatoms. The maximum Gasteiger partial charge on any atom is 0.310 e. The molecule has 0 saturated heterocycles. The Balaban J connectivity index is 2.22. The first-order chi connectivity index (χ1) is 8.67. The normalized spacial score (nSPS) is 16.2. The van der Waals surface area contributed by atoms with E-state index in [4.69, 9.17) is 19.9 Å². The fourth-order valence-electron chi connectivity index (χ4n) is 2.07. The van der Waals surface area contributed by atoms with Crippen molar-refractivity contribution >= 4 is 5.97 Å². The van der Waals surface area contributed by atoms with Crippen LogP contribution in [0, 0.1) is 5.92 Å². The number of hydrogen-bond donors (Lipinski definition) is 1. The van der Waals surface area contributed by atoms with Crippen LogP contribution in [0.2, 0.25) is 0 Å². The van der Waals surface area contributed by atoms with Crippen molar-refractivity contribution in [1.29, 1.82) is 0 Å². The smallest absolute Gasteiger partial charge is 0.310 e. The Morgan fingerprint density at radius 1 is 1.44 bits per heavy atom. The summed E-state index contributed by atoms with van der Waals surface area (Å²) < 4.78 is 15.3. The predicted octanol–water partition coefficient (Wildman–Crippen LogP) is 1.61. The van der Waals surface area contributed by atoms with Gasteiger partial charge < -0.3 is 19.9 Å². The zero-order valence-corrected chi connectivity index (χ0v) is 10.5. The molecule has 0 fully saturated rings. The predicted molar refractivity (Wildman–Crippen MR) is 65.3 cm³/mol. The van der Waals surface area contributed by atoms with Crippen molar-refractivity contribution in [3.8, 4) is 11.5 Å². The molecule has 2 atom stereocenters. The highest BCUT2D eigenvalue weighted by Crippen LogP contribution is 2.35. The van der Waals surface area contributed by atoms with Crippen molar-refractivity contribution in [2.75, 3.05) is 13.9 Å². The van der Waals surface area contributed by atoms with E-state index in [1.54, 1.807) is 0 Å². The van der Waals surface area contributed by atoms with Gasteiger partial charge in [0.1, 0.15) is 0 Å². The molecule has 5 nitrogen and oxygen atoms in total. The fourth-order valence-corrected chi connectivity index (χ4v) is 2.07. The van der Waals surface area contributed by atoms with E-state index < -0.39 is 6.04 Å². The molecule has 18 heavy (non-hydrogen) atoms. The van der Waals surface area contributed by atoms with Crippen molar-refractivity contribution in [2.24, 2.45) is 11.7 Å². The first kappa shape index (κ1) is 12.7. The van der Waals surface area contributed by atoms with Crippen molar-refractivity contribution in [3.63, 3.8) is 0 Å². The highest BCUT2D eigenvalue weighted by molar-refractivity contribution is 5.73. The van der Waals surface area contributed by atoms with Gasteiger partial charge in [-0.05, 0) is 24.1 Å². The van der Waals surface area contributed by atoms with E-state index in [2.05, 4.69) is 0 Å². The summed E-state index contributed by atoms with van der Waals surface area (Å²) in [4.78, 5) is 11.6. The van der Waals surface area contributed by atoms with Crippen molar-refractivity contribution in [1.82, 2.24) is 0 Å². The van der Waals surface area contributed by atoms with Gasteiger partial charge in [-0.1, -0.05) is 13.0 Å². The van der Waals surface area contributed by atoms with E-state index in [0.717, 1.165) is 5.56 Å². The molecule has 98 valence electrons. The molecule has 0 aliphatic carbocycles. The largest absolute Gasteiger partial charge is 0.469 e. The van der Waals surface area contributed by atoms with Gasteiger partial charge in [0, 0.05) is 6.04 Å². The summed E-state index contributed by atoms with van der Waals surface area (Å²) in [6.07, 6.45) is 0.627. The third-order valence-corrected chi connectivity index (χ3v) is 3.16. The van der Waals surface area contributed by atoms with E-state index in [1.165, 1.54) is 7.11 Å². The summed E-state index contributed by atoms with van der Waals surface area (Å²) in [7, 11) is 1.37. The second-order valence-corrected chi connectivity index (χ2v) is 4.18. The molecule has 2 rings (SSSR count). The lowest BCUT2D eigenvalue weighted by atomic mass is 9.91. The van der Waals surface area contributed by atoms with E-state index in [9.17, 15) is 4.79 Å². The molecule has 1 aromatic rings. The van der Waals surface area contributed by atoms with Crippen molar-refractivity contribution < 1.29 is 19.0 Å². The Hall–Kier alpha value is -1.75. The van der Waals surface area contributed by atoms with Gasteiger partial charge >= 0.3 is 5.97 Å². The van der Waals surface area contributed by atoms with Crippen molar-refractivity contribution in [2.45, 2.75) is 19.4 Å². The van der Waals surface area contributed by atoms with Crippen LogP contribution >= 0.6 is 0 Å². The van der Waals surface area contributed by atoms with Crippen LogP contribution in [0.25, 0.3) is 0 Å². The molecule has 0 spiro atoms. The van der Waals surface area contributed by atoms with Gasteiger partial charge in [0.05, 0.1) is 13.0 Å². The number of nitrogens with two attached hydrogens (primary N) is 1. The lowest BCUT2D eigenvalue weighted by molar-refractivity contribution is -0.146. The third kappa shape index (κ3) is 2.26. The Morgan fingerprint density at radius 3 is 2.83 bits per heavy atom. The lowest BCUT2D eigenvalue weighted by Crippen LogP contribution is -2.28. The standard InChI is InChI=1S/C13H17NO4/c1-3-9(13(15)16-2)12(14)8-4-5-10-11(6-8)18-7-17-10/h4-6,9,12H,3,7,14H2,1-2H3. The second kappa shape index (κ2) is 5.27. The molecular weight excluding hydrogens is 234 g/mol. The molecular formula is C13H17NO4. The highest BCUT2D eigenvalue weighted by Gasteiger charge is 2.27. The number of benzene rings is 1. The van der Waals surface area contributed by atoms with E-state index in [1.807, 2.05) is 25.1 Å². The first-order valence-electron chi connectivity index (χ1n) is 5.90. The van der Waals surface area contributed by atoms with Crippen LogP contribution in [0.15, 0.2) is 18.2 Å². The minimum atomic E-state index is -0.406. The SMILES string of the molecule is CCC(C(=O)OC)C(N)c1ccc2c(c1)OCO2. The van der Waals surface area contributed by atoms with Gasteiger partial charge in [-0.2, -0.15) is 0 Å². The molecule has 2 N–H and O–H groups in total. The summed E-state index contributed by atoms with van der Waals surface area (Å²) in [5.41, 5.74) is 6.97. The number of carbonyl (C=O) groups is 1. The van der Waals surface area contributed by atoms with E-state index in [0.29, 0.717) is 17.9 Å². The average Bonchev–Trinajstić information content (AvgIpc) is 2.86. The van der Waals surface area contributed by atoms with Gasteiger partial charge in [-0.3, -0.25) is 4.79 Å². The van der Waals surface area contributed by atoms with Crippen LogP contribution in [0.5, 0.6) is 11.5 Å². The van der Waals surface area contributed by atoms with Gasteiger partial charge in [0.15, 0.2) is 11.5 Å². The van der Waals surface area contributed by atoms with Crippen LogP contribution < -0.4 is 15.2 Å². The van der Waals surface area contributed by atoms with Gasteiger partial charge in [0.2, 0.25) is 6.79 Å². The number of methoxy groups -OCH3 is 1. The molecule has 1 aromatic carbocycles. The van der Waals surface area contributed by atoms with E-state index >= 15 is 0 Å². The molecule has 0 bridgehead atoms.